The van der Waals surface area contributed by atoms with E-state index in [1.54, 1.807) is 25.3 Å². The second kappa shape index (κ2) is 6.46. The van der Waals surface area contributed by atoms with Gasteiger partial charge >= 0.3 is 6.03 Å². The van der Waals surface area contributed by atoms with Gasteiger partial charge in [0, 0.05) is 23.7 Å². The van der Waals surface area contributed by atoms with Crippen molar-refractivity contribution >= 4 is 22.8 Å². The molecule has 2 amide bonds. The standard InChI is InChI=1S/C19H21N5O3/c1-19(2)10-16(13-6-5-12(26-3)9-17(13)27-19)21-18(25)20-11-4-7-14-15(8-11)23-24-22-14/h4-9,16H,10H2,1-3H3,(H2,20,21,25)(H,22,23,24). The van der Waals surface area contributed by atoms with Crippen molar-refractivity contribution in [3.05, 3.63) is 42.0 Å². The molecule has 27 heavy (non-hydrogen) atoms. The van der Waals surface area contributed by atoms with Crippen molar-refractivity contribution in [2.24, 2.45) is 0 Å². The fourth-order valence-electron chi connectivity index (χ4n) is 3.33. The van der Waals surface area contributed by atoms with E-state index in [-0.39, 0.29) is 12.1 Å². The molecule has 1 aromatic heterocycles. The number of carbonyl (C=O) groups is 1. The Bertz CT molecular complexity index is 998. The number of benzene rings is 2. The number of nitrogens with one attached hydrogen (secondary N) is 3. The minimum atomic E-state index is -0.406. The van der Waals surface area contributed by atoms with E-state index in [4.69, 9.17) is 9.47 Å². The topological polar surface area (TPSA) is 101 Å². The lowest BCUT2D eigenvalue weighted by Gasteiger charge is -2.38. The van der Waals surface area contributed by atoms with Gasteiger partial charge in [-0.2, -0.15) is 15.4 Å². The van der Waals surface area contributed by atoms with Crippen LogP contribution in [0.5, 0.6) is 11.5 Å². The van der Waals surface area contributed by atoms with Gasteiger partial charge in [-0.1, -0.05) is 0 Å². The monoisotopic (exact) mass is 367 g/mol. The summed E-state index contributed by atoms with van der Waals surface area (Å²) in [5, 5.41) is 16.5. The number of H-pyrrole nitrogens is 1. The van der Waals surface area contributed by atoms with Crippen molar-refractivity contribution in [3.63, 3.8) is 0 Å². The number of carbonyl (C=O) groups excluding carboxylic acids is 1. The summed E-state index contributed by atoms with van der Waals surface area (Å²) >= 11 is 0. The summed E-state index contributed by atoms with van der Waals surface area (Å²) in [6.07, 6.45) is 0.655. The van der Waals surface area contributed by atoms with Crippen LogP contribution in [0.4, 0.5) is 10.5 Å². The first-order valence-electron chi connectivity index (χ1n) is 8.68. The molecule has 3 aromatic rings. The summed E-state index contributed by atoms with van der Waals surface area (Å²) in [7, 11) is 1.62. The number of ether oxygens (including phenoxy) is 2. The maximum atomic E-state index is 12.6. The lowest BCUT2D eigenvalue weighted by Crippen LogP contribution is -2.42. The molecule has 3 N–H and O–H groups in total. The number of rotatable bonds is 3. The maximum Gasteiger partial charge on any atom is 0.319 e. The van der Waals surface area contributed by atoms with Crippen molar-refractivity contribution in [1.82, 2.24) is 20.7 Å². The number of nitrogens with zero attached hydrogens (tertiary/aromatic N) is 2. The molecule has 0 spiro atoms. The van der Waals surface area contributed by atoms with Crippen molar-refractivity contribution in [1.29, 1.82) is 0 Å². The van der Waals surface area contributed by atoms with Crippen LogP contribution in [0.2, 0.25) is 0 Å². The van der Waals surface area contributed by atoms with Crippen LogP contribution in [-0.4, -0.2) is 34.2 Å². The predicted molar refractivity (Wildman–Crippen MR) is 101 cm³/mol. The van der Waals surface area contributed by atoms with Crippen LogP contribution in [-0.2, 0) is 0 Å². The van der Waals surface area contributed by atoms with Crippen molar-refractivity contribution in [3.8, 4) is 11.5 Å². The van der Waals surface area contributed by atoms with Gasteiger partial charge in [-0.25, -0.2) is 4.79 Å². The Balaban J connectivity index is 1.53. The number of urea groups is 1. The van der Waals surface area contributed by atoms with Gasteiger partial charge in [0.1, 0.15) is 28.1 Å². The number of aromatic amines is 1. The molecule has 2 aromatic carbocycles. The first kappa shape index (κ1) is 17.1. The molecule has 0 radical (unpaired) electrons. The number of hydrogen-bond acceptors (Lipinski definition) is 5. The molecule has 0 saturated carbocycles. The second-order valence-electron chi connectivity index (χ2n) is 7.15. The number of amides is 2. The number of anilines is 1. The van der Waals surface area contributed by atoms with Crippen molar-refractivity contribution < 1.29 is 14.3 Å². The van der Waals surface area contributed by atoms with E-state index in [0.29, 0.717) is 17.6 Å². The fraction of sp³-hybridized carbons (Fsp3) is 0.316. The Morgan fingerprint density at radius 1 is 1.22 bits per heavy atom. The van der Waals surface area contributed by atoms with E-state index in [2.05, 4.69) is 26.0 Å². The summed E-state index contributed by atoms with van der Waals surface area (Å²) in [5.41, 5.74) is 2.61. The van der Waals surface area contributed by atoms with Gasteiger partial charge in [-0.3, -0.25) is 0 Å². The molecule has 4 rings (SSSR count). The first-order valence-corrected chi connectivity index (χ1v) is 8.68. The van der Waals surface area contributed by atoms with Gasteiger partial charge in [-0.15, -0.1) is 0 Å². The van der Waals surface area contributed by atoms with Gasteiger partial charge in [0.2, 0.25) is 0 Å². The van der Waals surface area contributed by atoms with Gasteiger partial charge in [-0.05, 0) is 44.2 Å². The number of aromatic nitrogens is 3. The Hall–Kier alpha value is -3.29. The van der Waals surface area contributed by atoms with Crippen molar-refractivity contribution in [2.75, 3.05) is 12.4 Å². The zero-order valence-corrected chi connectivity index (χ0v) is 15.4. The molecule has 8 heteroatoms. The molecule has 0 bridgehead atoms. The molecule has 1 atom stereocenters. The van der Waals surface area contributed by atoms with Gasteiger partial charge < -0.3 is 20.1 Å². The van der Waals surface area contributed by atoms with Gasteiger partial charge in [0.15, 0.2) is 0 Å². The molecule has 1 aliphatic heterocycles. The highest BCUT2D eigenvalue weighted by atomic mass is 16.5. The molecule has 1 aliphatic rings. The summed E-state index contributed by atoms with van der Waals surface area (Å²) in [4.78, 5) is 12.6. The van der Waals surface area contributed by atoms with Crippen LogP contribution in [0.3, 0.4) is 0 Å². The van der Waals surface area contributed by atoms with E-state index in [1.165, 1.54) is 0 Å². The number of fused-ring (bicyclic) bond motifs is 2. The molecule has 0 fully saturated rings. The van der Waals surface area contributed by atoms with E-state index in [9.17, 15) is 4.79 Å². The maximum absolute atomic E-state index is 12.6. The lowest BCUT2D eigenvalue weighted by atomic mass is 9.89. The molecule has 8 nitrogen and oxygen atoms in total. The van der Waals surface area contributed by atoms with E-state index >= 15 is 0 Å². The highest BCUT2D eigenvalue weighted by Crippen LogP contribution is 2.41. The molecule has 140 valence electrons. The van der Waals surface area contributed by atoms with Crippen LogP contribution >= 0.6 is 0 Å². The normalized spacial score (nSPS) is 17.7. The summed E-state index contributed by atoms with van der Waals surface area (Å²) in [6, 6.07) is 10.5. The van der Waals surface area contributed by atoms with E-state index < -0.39 is 5.60 Å². The van der Waals surface area contributed by atoms with Gasteiger partial charge in [0.25, 0.3) is 0 Å². The molecule has 0 aliphatic carbocycles. The summed E-state index contributed by atoms with van der Waals surface area (Å²) in [6.45, 7) is 4.00. The SMILES string of the molecule is COc1ccc2c(c1)OC(C)(C)CC2NC(=O)Nc1ccc2n[nH]nc2c1. The highest BCUT2D eigenvalue weighted by molar-refractivity contribution is 5.92. The average Bonchev–Trinajstić information content (AvgIpc) is 3.07. The van der Waals surface area contributed by atoms with Crippen LogP contribution in [0.1, 0.15) is 31.9 Å². The fourth-order valence-corrected chi connectivity index (χ4v) is 3.33. The highest BCUT2D eigenvalue weighted by Gasteiger charge is 2.34. The summed E-state index contributed by atoms with van der Waals surface area (Å²) < 4.78 is 11.3. The average molecular weight is 367 g/mol. The predicted octanol–water partition coefficient (Wildman–Crippen LogP) is 3.39. The van der Waals surface area contributed by atoms with Crippen LogP contribution in [0.15, 0.2) is 36.4 Å². The minimum absolute atomic E-state index is 0.176. The largest absolute Gasteiger partial charge is 0.497 e. The smallest absolute Gasteiger partial charge is 0.319 e. The zero-order valence-electron chi connectivity index (χ0n) is 15.4. The Morgan fingerprint density at radius 3 is 2.85 bits per heavy atom. The Labute approximate surface area is 156 Å². The van der Waals surface area contributed by atoms with Crippen LogP contribution in [0, 0.1) is 0 Å². The van der Waals surface area contributed by atoms with Crippen LogP contribution in [0.25, 0.3) is 11.0 Å². The third-order valence-corrected chi connectivity index (χ3v) is 4.56. The number of hydrogen-bond donors (Lipinski definition) is 3. The quantitative estimate of drug-likeness (QED) is 0.659. The van der Waals surface area contributed by atoms with E-state index in [0.717, 1.165) is 22.6 Å². The van der Waals surface area contributed by atoms with Crippen LogP contribution < -0.4 is 20.1 Å². The molecule has 0 saturated heterocycles. The Morgan fingerprint density at radius 2 is 2.04 bits per heavy atom. The second-order valence-corrected chi connectivity index (χ2v) is 7.15. The third kappa shape index (κ3) is 3.51. The van der Waals surface area contributed by atoms with E-state index in [1.807, 2.05) is 32.0 Å². The summed E-state index contributed by atoms with van der Waals surface area (Å²) in [5.74, 6) is 1.44. The first-order chi connectivity index (χ1) is 12.9. The van der Waals surface area contributed by atoms with Gasteiger partial charge in [0.05, 0.1) is 13.2 Å². The molecule has 1 unspecified atom stereocenters. The zero-order chi connectivity index (χ0) is 19.0. The molecular formula is C19H21N5O3. The lowest BCUT2D eigenvalue weighted by molar-refractivity contribution is 0.0679. The minimum Gasteiger partial charge on any atom is -0.497 e. The molecular weight excluding hydrogens is 346 g/mol. The Kier molecular flexibility index (Phi) is 4.10. The molecule has 2 heterocycles. The third-order valence-electron chi connectivity index (χ3n) is 4.56. The van der Waals surface area contributed by atoms with Crippen molar-refractivity contribution in [2.45, 2.75) is 31.9 Å². The number of methoxy groups -OCH3 is 1.